The highest BCUT2D eigenvalue weighted by Gasteiger charge is 2.08. The number of hydrogen-bond acceptors (Lipinski definition) is 4. The minimum absolute atomic E-state index is 0. The molecule has 0 saturated heterocycles. The van der Waals surface area contributed by atoms with Gasteiger partial charge in [-0.1, -0.05) is 19.1 Å². The normalized spacial score (nSPS) is 9.53. The second-order valence-electron chi connectivity index (χ2n) is 3.81. The molecule has 0 bridgehead atoms. The van der Waals surface area contributed by atoms with E-state index in [0.29, 0.717) is 12.1 Å². The molecular formula is C12H18ClN3O3. The molecule has 6 nitrogen and oxygen atoms in total. The summed E-state index contributed by atoms with van der Waals surface area (Å²) in [7, 11) is 0. The van der Waals surface area contributed by atoms with E-state index in [1.165, 1.54) is 12.1 Å². The zero-order valence-electron chi connectivity index (χ0n) is 10.7. The molecule has 0 heterocycles. The van der Waals surface area contributed by atoms with Gasteiger partial charge >= 0.3 is 0 Å². The average molecular weight is 288 g/mol. The first-order valence-electron chi connectivity index (χ1n) is 5.84. The quantitative estimate of drug-likeness (QED) is 0.449. The third-order valence-corrected chi connectivity index (χ3v) is 2.36. The Hall–Kier alpha value is -1.66. The van der Waals surface area contributed by atoms with E-state index in [0.717, 1.165) is 13.1 Å². The van der Waals surface area contributed by atoms with E-state index in [9.17, 15) is 14.9 Å². The first-order chi connectivity index (χ1) is 8.63. The van der Waals surface area contributed by atoms with Gasteiger partial charge < -0.3 is 10.6 Å². The van der Waals surface area contributed by atoms with E-state index in [1.54, 1.807) is 12.1 Å². The van der Waals surface area contributed by atoms with Crippen molar-refractivity contribution in [1.29, 1.82) is 0 Å². The van der Waals surface area contributed by atoms with E-state index in [4.69, 9.17) is 0 Å². The van der Waals surface area contributed by atoms with Gasteiger partial charge in [-0.15, -0.1) is 12.4 Å². The molecule has 1 aromatic carbocycles. The van der Waals surface area contributed by atoms with Crippen molar-refractivity contribution in [3.05, 3.63) is 39.9 Å². The molecule has 0 atom stereocenters. The first kappa shape index (κ1) is 17.3. The maximum Gasteiger partial charge on any atom is 0.269 e. The smallest absolute Gasteiger partial charge is 0.269 e. The highest BCUT2D eigenvalue weighted by molar-refractivity contribution is 5.85. The first-order valence-corrected chi connectivity index (χ1v) is 5.84. The van der Waals surface area contributed by atoms with Crippen LogP contribution in [0.15, 0.2) is 24.3 Å². The van der Waals surface area contributed by atoms with Crippen molar-refractivity contribution in [2.75, 3.05) is 19.6 Å². The zero-order valence-corrected chi connectivity index (χ0v) is 11.5. The Balaban J connectivity index is 0.00000324. The minimum Gasteiger partial charge on any atom is -0.355 e. The third kappa shape index (κ3) is 6.73. The van der Waals surface area contributed by atoms with Crippen LogP contribution < -0.4 is 10.6 Å². The van der Waals surface area contributed by atoms with Crippen LogP contribution in [0, 0.1) is 10.1 Å². The lowest BCUT2D eigenvalue weighted by molar-refractivity contribution is -0.384. The second-order valence-corrected chi connectivity index (χ2v) is 3.81. The topological polar surface area (TPSA) is 84.3 Å². The van der Waals surface area contributed by atoms with Crippen molar-refractivity contribution in [2.24, 2.45) is 0 Å². The van der Waals surface area contributed by atoms with Crippen LogP contribution in [0.25, 0.3) is 0 Å². The molecule has 0 aromatic heterocycles. The van der Waals surface area contributed by atoms with Crippen LogP contribution in [-0.2, 0) is 11.2 Å². The highest BCUT2D eigenvalue weighted by atomic mass is 35.5. The number of hydrogen-bond donors (Lipinski definition) is 2. The minimum atomic E-state index is -0.466. The van der Waals surface area contributed by atoms with E-state index in [1.807, 2.05) is 6.92 Å². The predicted octanol–water partition coefficient (Wildman–Crippen LogP) is 1.28. The number of likely N-dealkylation sites (N-methyl/N-ethyl adjacent to an activating group) is 1. The van der Waals surface area contributed by atoms with Gasteiger partial charge in [0.1, 0.15) is 0 Å². The van der Waals surface area contributed by atoms with Gasteiger partial charge in [-0.3, -0.25) is 14.9 Å². The largest absolute Gasteiger partial charge is 0.355 e. The van der Waals surface area contributed by atoms with Crippen LogP contribution in [-0.4, -0.2) is 30.5 Å². The molecule has 0 fully saturated rings. The molecule has 0 radical (unpaired) electrons. The Labute approximate surface area is 118 Å². The Morgan fingerprint density at radius 2 is 2.11 bits per heavy atom. The molecule has 0 saturated carbocycles. The molecule has 106 valence electrons. The van der Waals surface area contributed by atoms with Crippen molar-refractivity contribution in [2.45, 2.75) is 13.3 Å². The van der Waals surface area contributed by atoms with E-state index < -0.39 is 4.92 Å². The number of nitro benzene ring substituents is 1. The Morgan fingerprint density at radius 3 is 2.74 bits per heavy atom. The van der Waals surface area contributed by atoms with E-state index in [2.05, 4.69) is 10.6 Å². The number of nitrogens with one attached hydrogen (secondary N) is 2. The van der Waals surface area contributed by atoms with Gasteiger partial charge in [-0.05, 0) is 12.1 Å². The molecule has 2 N–H and O–H groups in total. The maximum atomic E-state index is 11.5. The summed E-state index contributed by atoms with van der Waals surface area (Å²) < 4.78 is 0. The van der Waals surface area contributed by atoms with Crippen LogP contribution in [0.5, 0.6) is 0 Å². The lowest BCUT2D eigenvalue weighted by atomic mass is 10.1. The standard InChI is InChI=1S/C12H17N3O3.ClH/c1-2-13-6-7-14-12(16)9-10-4-3-5-11(8-10)15(17)18;/h3-5,8,13H,2,6-7,9H2,1H3,(H,14,16);1H. The molecule has 1 amide bonds. The highest BCUT2D eigenvalue weighted by Crippen LogP contribution is 2.13. The number of non-ortho nitro benzene ring substituents is 1. The SMILES string of the molecule is CCNCCNC(=O)Cc1cccc([N+](=O)[O-])c1.Cl. The summed E-state index contributed by atoms with van der Waals surface area (Å²) in [5.74, 6) is -0.131. The van der Waals surface area contributed by atoms with Crippen molar-refractivity contribution in [1.82, 2.24) is 10.6 Å². The fourth-order valence-electron chi connectivity index (χ4n) is 1.49. The number of amides is 1. The molecule has 0 aliphatic heterocycles. The van der Waals surface area contributed by atoms with Crippen LogP contribution >= 0.6 is 12.4 Å². The summed E-state index contributed by atoms with van der Waals surface area (Å²) in [6, 6.07) is 6.12. The molecule has 1 rings (SSSR count). The Morgan fingerprint density at radius 1 is 1.37 bits per heavy atom. The predicted molar refractivity (Wildman–Crippen MR) is 75.6 cm³/mol. The third-order valence-electron chi connectivity index (χ3n) is 2.36. The lowest BCUT2D eigenvalue weighted by Gasteiger charge is -2.05. The number of nitro groups is 1. The van der Waals surface area contributed by atoms with Crippen molar-refractivity contribution >= 4 is 24.0 Å². The summed E-state index contributed by atoms with van der Waals surface area (Å²) in [5.41, 5.74) is 0.651. The molecule has 0 aliphatic rings. The average Bonchev–Trinajstić information content (AvgIpc) is 2.35. The molecule has 1 aromatic rings. The van der Waals surface area contributed by atoms with Gasteiger partial charge in [-0.25, -0.2) is 0 Å². The van der Waals surface area contributed by atoms with Gasteiger partial charge in [0.25, 0.3) is 5.69 Å². The summed E-state index contributed by atoms with van der Waals surface area (Å²) in [5, 5.41) is 16.4. The fourth-order valence-corrected chi connectivity index (χ4v) is 1.49. The number of nitrogens with zero attached hydrogens (tertiary/aromatic N) is 1. The van der Waals surface area contributed by atoms with Gasteiger partial charge in [0.05, 0.1) is 11.3 Å². The summed E-state index contributed by atoms with van der Waals surface area (Å²) in [4.78, 5) is 21.7. The Bertz CT molecular complexity index is 426. The van der Waals surface area contributed by atoms with Crippen molar-refractivity contribution in [3.8, 4) is 0 Å². The van der Waals surface area contributed by atoms with Crippen molar-refractivity contribution in [3.63, 3.8) is 0 Å². The molecule has 0 aliphatic carbocycles. The summed E-state index contributed by atoms with van der Waals surface area (Å²) in [6.45, 7) is 4.13. The molecule has 19 heavy (non-hydrogen) atoms. The molecule has 0 unspecified atom stereocenters. The van der Waals surface area contributed by atoms with Crippen LogP contribution in [0.3, 0.4) is 0 Å². The van der Waals surface area contributed by atoms with Gasteiger partial charge in [0, 0.05) is 25.2 Å². The number of carbonyl (C=O) groups is 1. The van der Waals surface area contributed by atoms with Gasteiger partial charge in [0.15, 0.2) is 0 Å². The second kappa shape index (κ2) is 9.29. The van der Waals surface area contributed by atoms with Gasteiger partial charge in [0.2, 0.25) is 5.91 Å². The fraction of sp³-hybridized carbons (Fsp3) is 0.417. The van der Waals surface area contributed by atoms with E-state index in [-0.39, 0.29) is 30.4 Å². The summed E-state index contributed by atoms with van der Waals surface area (Å²) in [6.07, 6.45) is 0.161. The summed E-state index contributed by atoms with van der Waals surface area (Å²) >= 11 is 0. The molecular weight excluding hydrogens is 270 g/mol. The maximum absolute atomic E-state index is 11.5. The van der Waals surface area contributed by atoms with Gasteiger partial charge in [-0.2, -0.15) is 0 Å². The van der Waals surface area contributed by atoms with Crippen LogP contribution in [0.4, 0.5) is 5.69 Å². The van der Waals surface area contributed by atoms with E-state index >= 15 is 0 Å². The monoisotopic (exact) mass is 287 g/mol. The van der Waals surface area contributed by atoms with Crippen LogP contribution in [0.2, 0.25) is 0 Å². The Kier molecular flexibility index (Phi) is 8.48. The number of benzene rings is 1. The zero-order chi connectivity index (χ0) is 13.4. The number of rotatable bonds is 7. The number of carbonyl (C=O) groups excluding carboxylic acids is 1. The molecule has 7 heteroatoms. The number of halogens is 1. The van der Waals surface area contributed by atoms with Crippen LogP contribution in [0.1, 0.15) is 12.5 Å². The molecule has 0 spiro atoms. The van der Waals surface area contributed by atoms with Crippen molar-refractivity contribution < 1.29 is 9.72 Å². The lowest BCUT2D eigenvalue weighted by Crippen LogP contribution is -2.32.